The predicted molar refractivity (Wildman–Crippen MR) is 96.5 cm³/mol. The molecule has 0 aliphatic carbocycles. The summed E-state index contributed by atoms with van der Waals surface area (Å²) in [4.78, 5) is 0. The summed E-state index contributed by atoms with van der Waals surface area (Å²) < 4.78 is 7.04. The summed E-state index contributed by atoms with van der Waals surface area (Å²) in [5.41, 5.74) is 2.22. The van der Waals surface area contributed by atoms with Crippen LogP contribution in [-0.4, -0.2) is 6.04 Å². The molecule has 0 saturated carbocycles. The molecule has 0 heterocycles. The van der Waals surface area contributed by atoms with Crippen molar-refractivity contribution in [3.05, 3.63) is 63.1 Å². The molecule has 0 aliphatic rings. The van der Waals surface area contributed by atoms with Gasteiger partial charge in [0.15, 0.2) is 0 Å². The Bertz CT molecular complexity index is 618. The lowest BCUT2D eigenvalue weighted by Gasteiger charge is -2.15. The monoisotopic (exact) mass is 381 g/mol. The van der Waals surface area contributed by atoms with Gasteiger partial charge in [-0.05, 0) is 49.2 Å². The molecule has 0 aromatic heterocycles. The van der Waals surface area contributed by atoms with Crippen molar-refractivity contribution in [3.63, 3.8) is 0 Å². The number of nitrogens with one attached hydrogen (secondary N) is 1. The van der Waals surface area contributed by atoms with E-state index in [2.05, 4.69) is 41.2 Å². The first-order chi connectivity index (χ1) is 10.6. The Labute approximate surface area is 146 Å². The van der Waals surface area contributed by atoms with Crippen LogP contribution < -0.4 is 10.1 Å². The van der Waals surface area contributed by atoms with Crippen molar-refractivity contribution in [2.75, 3.05) is 0 Å². The minimum Gasteiger partial charge on any atom is -0.489 e. The van der Waals surface area contributed by atoms with Crippen molar-refractivity contribution in [3.8, 4) is 5.75 Å². The van der Waals surface area contributed by atoms with E-state index >= 15 is 0 Å². The lowest BCUT2D eigenvalue weighted by atomic mass is 10.1. The number of ether oxygens (including phenoxy) is 1. The second kappa shape index (κ2) is 8.56. The average Bonchev–Trinajstić information content (AvgIpc) is 2.51. The first-order valence-corrected chi connectivity index (χ1v) is 8.64. The van der Waals surface area contributed by atoms with Gasteiger partial charge in [0.25, 0.3) is 0 Å². The van der Waals surface area contributed by atoms with Crippen LogP contribution >= 0.6 is 27.5 Å². The van der Waals surface area contributed by atoms with Crippen molar-refractivity contribution in [2.24, 2.45) is 0 Å². The Morgan fingerprint density at radius 2 is 2.05 bits per heavy atom. The van der Waals surface area contributed by atoms with Gasteiger partial charge in [-0.25, -0.2) is 0 Å². The normalized spacial score (nSPS) is 12.2. The molecule has 2 aromatic carbocycles. The second-order valence-electron chi connectivity index (χ2n) is 5.36. The van der Waals surface area contributed by atoms with Gasteiger partial charge in [-0.2, -0.15) is 0 Å². The fraction of sp³-hybridized carbons (Fsp3) is 0.333. The van der Waals surface area contributed by atoms with Gasteiger partial charge in [0.1, 0.15) is 12.4 Å². The van der Waals surface area contributed by atoms with Gasteiger partial charge >= 0.3 is 0 Å². The zero-order valence-electron chi connectivity index (χ0n) is 12.9. The van der Waals surface area contributed by atoms with Crippen molar-refractivity contribution in [1.29, 1.82) is 0 Å². The maximum Gasteiger partial charge on any atom is 0.124 e. The highest BCUT2D eigenvalue weighted by molar-refractivity contribution is 9.10. The zero-order chi connectivity index (χ0) is 15.9. The molecule has 0 bridgehead atoms. The predicted octanol–water partition coefficient (Wildman–Crippen LogP) is 5.57. The molecular formula is C18H21BrClNO. The van der Waals surface area contributed by atoms with Crippen molar-refractivity contribution in [1.82, 2.24) is 5.32 Å². The van der Waals surface area contributed by atoms with E-state index < -0.39 is 0 Å². The molecule has 2 rings (SSSR count). The largest absolute Gasteiger partial charge is 0.489 e. The highest BCUT2D eigenvalue weighted by Crippen LogP contribution is 2.24. The van der Waals surface area contributed by atoms with Gasteiger partial charge in [-0.15, -0.1) is 0 Å². The van der Waals surface area contributed by atoms with Crippen LogP contribution in [0.1, 0.15) is 31.4 Å². The third-order valence-electron chi connectivity index (χ3n) is 3.56. The summed E-state index contributed by atoms with van der Waals surface area (Å²) in [6.07, 6.45) is 1.10. The molecule has 0 radical (unpaired) electrons. The molecule has 0 spiro atoms. The molecule has 0 fully saturated rings. The summed E-state index contributed by atoms with van der Waals surface area (Å²) in [6, 6.07) is 14.3. The molecule has 0 aliphatic heterocycles. The minimum absolute atomic E-state index is 0.486. The number of rotatable bonds is 7. The maximum atomic E-state index is 6.01. The van der Waals surface area contributed by atoms with Crippen molar-refractivity contribution in [2.45, 2.75) is 39.5 Å². The van der Waals surface area contributed by atoms with Crippen LogP contribution in [0.15, 0.2) is 46.9 Å². The summed E-state index contributed by atoms with van der Waals surface area (Å²) in [6.45, 7) is 5.66. The average molecular weight is 383 g/mol. The second-order valence-corrected chi connectivity index (χ2v) is 6.71. The Hall–Kier alpha value is -1.03. The zero-order valence-corrected chi connectivity index (χ0v) is 15.2. The lowest BCUT2D eigenvalue weighted by Crippen LogP contribution is -2.24. The molecule has 2 nitrogen and oxygen atoms in total. The molecule has 1 atom stereocenters. The summed E-state index contributed by atoms with van der Waals surface area (Å²) >= 11 is 9.53. The standard InChI is InChI=1S/C18H21BrClNO/c1-3-13(2)21-11-15-10-16(19)7-8-18(15)22-12-14-5-4-6-17(20)9-14/h4-10,13,21H,3,11-12H2,1-2H3/t13-/m1/s1. The van der Waals surface area contributed by atoms with Gasteiger partial charge < -0.3 is 10.1 Å². The number of halogens is 2. The van der Waals surface area contributed by atoms with Crippen LogP contribution in [-0.2, 0) is 13.2 Å². The van der Waals surface area contributed by atoms with Crippen LogP contribution in [0.25, 0.3) is 0 Å². The molecule has 4 heteroatoms. The summed E-state index contributed by atoms with van der Waals surface area (Å²) in [5.74, 6) is 0.902. The minimum atomic E-state index is 0.486. The van der Waals surface area contributed by atoms with Gasteiger partial charge in [0, 0.05) is 27.6 Å². The molecule has 2 aromatic rings. The summed E-state index contributed by atoms with van der Waals surface area (Å²) in [5, 5.41) is 4.23. The molecule has 118 valence electrons. The number of hydrogen-bond donors (Lipinski definition) is 1. The molecule has 22 heavy (non-hydrogen) atoms. The Morgan fingerprint density at radius 1 is 1.23 bits per heavy atom. The van der Waals surface area contributed by atoms with E-state index in [0.717, 1.165) is 39.3 Å². The van der Waals surface area contributed by atoms with E-state index in [1.165, 1.54) is 0 Å². The van der Waals surface area contributed by atoms with E-state index in [4.69, 9.17) is 16.3 Å². The molecule has 0 amide bonds. The van der Waals surface area contributed by atoms with Crippen LogP contribution in [0.3, 0.4) is 0 Å². The third kappa shape index (κ3) is 5.31. The van der Waals surface area contributed by atoms with Crippen LogP contribution in [0, 0.1) is 0 Å². The van der Waals surface area contributed by atoms with Crippen LogP contribution in [0.5, 0.6) is 5.75 Å². The smallest absolute Gasteiger partial charge is 0.124 e. The Balaban J connectivity index is 2.06. The number of hydrogen-bond acceptors (Lipinski definition) is 2. The lowest BCUT2D eigenvalue weighted by molar-refractivity contribution is 0.301. The van der Waals surface area contributed by atoms with E-state index in [1.807, 2.05) is 36.4 Å². The number of benzene rings is 2. The quantitative estimate of drug-likeness (QED) is 0.676. The van der Waals surface area contributed by atoms with E-state index in [0.29, 0.717) is 12.6 Å². The van der Waals surface area contributed by atoms with Gasteiger partial charge in [-0.3, -0.25) is 0 Å². The Kier molecular flexibility index (Phi) is 6.74. The van der Waals surface area contributed by atoms with Gasteiger partial charge in [-0.1, -0.05) is 46.6 Å². The van der Waals surface area contributed by atoms with Crippen LogP contribution in [0.4, 0.5) is 0 Å². The Morgan fingerprint density at radius 3 is 2.77 bits per heavy atom. The molecule has 1 N–H and O–H groups in total. The molecular weight excluding hydrogens is 362 g/mol. The highest BCUT2D eigenvalue weighted by Gasteiger charge is 2.07. The SMILES string of the molecule is CC[C@@H](C)NCc1cc(Br)ccc1OCc1cccc(Cl)c1. The van der Waals surface area contributed by atoms with E-state index in [-0.39, 0.29) is 0 Å². The third-order valence-corrected chi connectivity index (χ3v) is 4.29. The highest BCUT2D eigenvalue weighted by atomic mass is 79.9. The van der Waals surface area contributed by atoms with E-state index in [9.17, 15) is 0 Å². The van der Waals surface area contributed by atoms with Crippen molar-refractivity contribution < 1.29 is 4.74 Å². The van der Waals surface area contributed by atoms with Crippen LogP contribution in [0.2, 0.25) is 5.02 Å². The fourth-order valence-corrected chi connectivity index (χ4v) is 2.66. The fourth-order valence-electron chi connectivity index (χ4n) is 2.04. The topological polar surface area (TPSA) is 21.3 Å². The van der Waals surface area contributed by atoms with Crippen molar-refractivity contribution >= 4 is 27.5 Å². The van der Waals surface area contributed by atoms with Gasteiger partial charge in [0.05, 0.1) is 0 Å². The molecule has 0 saturated heterocycles. The first-order valence-electron chi connectivity index (χ1n) is 7.47. The molecule has 0 unspecified atom stereocenters. The van der Waals surface area contributed by atoms with Gasteiger partial charge in [0.2, 0.25) is 0 Å². The first kappa shape index (κ1) is 17.3. The maximum absolute atomic E-state index is 6.01. The van der Waals surface area contributed by atoms with E-state index in [1.54, 1.807) is 0 Å². The summed E-state index contributed by atoms with van der Waals surface area (Å²) in [7, 11) is 0.